The molecule has 0 radical (unpaired) electrons. The zero-order valence-electron chi connectivity index (χ0n) is 8.75. The maximum absolute atomic E-state index is 9.49. The van der Waals surface area contributed by atoms with Crippen LogP contribution in [0.2, 0.25) is 0 Å². The molecule has 1 aliphatic heterocycles. The first-order chi connectivity index (χ1) is 6.05. The minimum absolute atomic E-state index is 0.0810. The molecule has 2 atom stereocenters. The Morgan fingerprint density at radius 1 is 1.46 bits per heavy atom. The second-order valence-electron chi connectivity index (χ2n) is 4.37. The Bertz CT molecular complexity index is 156. The summed E-state index contributed by atoms with van der Waals surface area (Å²) >= 11 is 0. The monoisotopic (exact) mass is 188 g/mol. The Labute approximate surface area is 80.0 Å². The van der Waals surface area contributed by atoms with Gasteiger partial charge in [0, 0.05) is 13.0 Å². The van der Waals surface area contributed by atoms with Gasteiger partial charge in [-0.25, -0.2) is 0 Å². The predicted molar refractivity (Wildman–Crippen MR) is 50.6 cm³/mol. The van der Waals surface area contributed by atoms with Crippen molar-refractivity contribution in [3.05, 3.63) is 0 Å². The summed E-state index contributed by atoms with van der Waals surface area (Å²) < 4.78 is 10.5. The van der Waals surface area contributed by atoms with Crippen molar-refractivity contribution in [2.24, 2.45) is 5.92 Å². The van der Waals surface area contributed by atoms with E-state index in [2.05, 4.69) is 13.8 Å². The minimum Gasteiger partial charge on any atom is -0.390 e. The molecule has 3 heteroatoms. The summed E-state index contributed by atoms with van der Waals surface area (Å²) in [6.45, 7) is 5.32. The summed E-state index contributed by atoms with van der Waals surface area (Å²) in [6, 6.07) is 0. The van der Waals surface area contributed by atoms with E-state index in [9.17, 15) is 5.11 Å². The number of aliphatic hydroxyl groups is 1. The maximum Gasteiger partial charge on any atom is 0.0823 e. The standard InChI is InChI=1S/C10H20O3/c1-10(2,12-3)5-4-8-6-13-7-9(8)11/h8-9,11H,4-7H2,1-3H3. The van der Waals surface area contributed by atoms with Gasteiger partial charge < -0.3 is 14.6 Å². The fraction of sp³-hybridized carbons (Fsp3) is 1.00. The van der Waals surface area contributed by atoms with Crippen molar-refractivity contribution in [3.63, 3.8) is 0 Å². The van der Waals surface area contributed by atoms with Crippen LogP contribution < -0.4 is 0 Å². The first kappa shape index (κ1) is 11.0. The van der Waals surface area contributed by atoms with Crippen molar-refractivity contribution >= 4 is 0 Å². The highest BCUT2D eigenvalue weighted by Crippen LogP contribution is 2.24. The number of rotatable bonds is 4. The topological polar surface area (TPSA) is 38.7 Å². The van der Waals surface area contributed by atoms with Crippen LogP contribution in [-0.4, -0.2) is 37.1 Å². The molecule has 78 valence electrons. The van der Waals surface area contributed by atoms with Crippen molar-refractivity contribution < 1.29 is 14.6 Å². The highest BCUT2D eigenvalue weighted by molar-refractivity contribution is 4.77. The fourth-order valence-electron chi connectivity index (χ4n) is 1.50. The Morgan fingerprint density at radius 3 is 2.62 bits per heavy atom. The molecular formula is C10H20O3. The molecule has 13 heavy (non-hydrogen) atoms. The van der Waals surface area contributed by atoms with Crippen LogP contribution in [0.3, 0.4) is 0 Å². The summed E-state index contributed by atoms with van der Waals surface area (Å²) in [4.78, 5) is 0. The SMILES string of the molecule is COC(C)(C)CCC1COCC1O. The largest absolute Gasteiger partial charge is 0.390 e. The van der Waals surface area contributed by atoms with Crippen molar-refractivity contribution in [2.45, 2.75) is 38.4 Å². The smallest absolute Gasteiger partial charge is 0.0823 e. The highest BCUT2D eigenvalue weighted by Gasteiger charge is 2.28. The lowest BCUT2D eigenvalue weighted by molar-refractivity contribution is 0.00631. The molecule has 1 fully saturated rings. The van der Waals surface area contributed by atoms with Gasteiger partial charge >= 0.3 is 0 Å². The molecule has 1 aliphatic rings. The summed E-state index contributed by atoms with van der Waals surface area (Å²) in [6.07, 6.45) is 1.67. The lowest BCUT2D eigenvalue weighted by Gasteiger charge is -2.24. The van der Waals surface area contributed by atoms with E-state index in [1.807, 2.05) is 0 Å². The van der Waals surface area contributed by atoms with E-state index in [1.54, 1.807) is 7.11 Å². The molecule has 0 aromatic rings. The van der Waals surface area contributed by atoms with E-state index in [1.165, 1.54) is 0 Å². The van der Waals surface area contributed by atoms with Gasteiger partial charge in [0.1, 0.15) is 0 Å². The van der Waals surface area contributed by atoms with Gasteiger partial charge in [-0.15, -0.1) is 0 Å². The molecule has 3 nitrogen and oxygen atoms in total. The molecule has 0 spiro atoms. The molecular weight excluding hydrogens is 168 g/mol. The van der Waals surface area contributed by atoms with Gasteiger partial charge in [-0.05, 0) is 26.7 Å². The lowest BCUT2D eigenvalue weighted by Crippen LogP contribution is -2.26. The molecule has 1 rings (SSSR count). The number of ether oxygens (including phenoxy) is 2. The Morgan fingerprint density at radius 2 is 2.15 bits per heavy atom. The van der Waals surface area contributed by atoms with Crippen LogP contribution in [0.4, 0.5) is 0 Å². The van der Waals surface area contributed by atoms with Crippen molar-refractivity contribution in [2.75, 3.05) is 20.3 Å². The third kappa shape index (κ3) is 3.25. The van der Waals surface area contributed by atoms with E-state index in [0.717, 1.165) is 12.8 Å². The number of methoxy groups -OCH3 is 1. The minimum atomic E-state index is -0.271. The molecule has 0 aliphatic carbocycles. The second-order valence-corrected chi connectivity index (χ2v) is 4.37. The van der Waals surface area contributed by atoms with Gasteiger partial charge in [0.25, 0.3) is 0 Å². The van der Waals surface area contributed by atoms with E-state index in [-0.39, 0.29) is 11.7 Å². The van der Waals surface area contributed by atoms with Crippen LogP contribution in [0.15, 0.2) is 0 Å². The van der Waals surface area contributed by atoms with Crippen LogP contribution in [0.1, 0.15) is 26.7 Å². The van der Waals surface area contributed by atoms with Gasteiger partial charge in [-0.2, -0.15) is 0 Å². The van der Waals surface area contributed by atoms with Gasteiger partial charge in [-0.3, -0.25) is 0 Å². The van der Waals surface area contributed by atoms with Crippen LogP contribution in [0.25, 0.3) is 0 Å². The Hall–Kier alpha value is -0.120. The lowest BCUT2D eigenvalue weighted by atomic mass is 9.93. The predicted octanol–water partition coefficient (Wildman–Crippen LogP) is 1.20. The van der Waals surface area contributed by atoms with Crippen LogP contribution in [-0.2, 0) is 9.47 Å². The Balaban J connectivity index is 2.25. The summed E-state index contributed by atoms with van der Waals surface area (Å²) in [5, 5.41) is 9.49. The van der Waals surface area contributed by atoms with E-state index in [0.29, 0.717) is 19.1 Å². The van der Waals surface area contributed by atoms with Crippen molar-refractivity contribution in [3.8, 4) is 0 Å². The molecule has 1 saturated heterocycles. The molecule has 0 aromatic heterocycles. The third-order valence-corrected chi connectivity index (χ3v) is 2.83. The molecule has 1 N–H and O–H groups in total. The summed E-state index contributed by atoms with van der Waals surface area (Å²) in [5.41, 5.74) is -0.0810. The number of hydrogen-bond donors (Lipinski definition) is 1. The third-order valence-electron chi connectivity index (χ3n) is 2.83. The Kier molecular flexibility index (Phi) is 3.71. The van der Waals surface area contributed by atoms with E-state index >= 15 is 0 Å². The summed E-state index contributed by atoms with van der Waals surface area (Å²) in [7, 11) is 1.72. The van der Waals surface area contributed by atoms with Gasteiger partial charge in [0.2, 0.25) is 0 Å². The van der Waals surface area contributed by atoms with E-state index < -0.39 is 0 Å². The first-order valence-corrected chi connectivity index (χ1v) is 4.86. The molecule has 1 heterocycles. The number of aliphatic hydroxyl groups excluding tert-OH is 1. The fourth-order valence-corrected chi connectivity index (χ4v) is 1.50. The van der Waals surface area contributed by atoms with Crippen molar-refractivity contribution in [1.82, 2.24) is 0 Å². The van der Waals surface area contributed by atoms with Crippen LogP contribution in [0, 0.1) is 5.92 Å². The molecule has 0 aromatic carbocycles. The van der Waals surface area contributed by atoms with Gasteiger partial charge in [-0.1, -0.05) is 0 Å². The summed E-state index contributed by atoms with van der Waals surface area (Å²) in [5.74, 6) is 0.300. The second kappa shape index (κ2) is 4.40. The normalized spacial score (nSPS) is 29.5. The highest BCUT2D eigenvalue weighted by atomic mass is 16.5. The molecule has 0 saturated carbocycles. The molecule has 2 unspecified atom stereocenters. The quantitative estimate of drug-likeness (QED) is 0.720. The maximum atomic E-state index is 9.49. The zero-order valence-corrected chi connectivity index (χ0v) is 8.75. The van der Waals surface area contributed by atoms with Crippen LogP contribution in [0.5, 0.6) is 0 Å². The average molecular weight is 188 g/mol. The van der Waals surface area contributed by atoms with Crippen molar-refractivity contribution in [1.29, 1.82) is 0 Å². The molecule has 0 bridgehead atoms. The van der Waals surface area contributed by atoms with Gasteiger partial charge in [0.05, 0.1) is 24.9 Å². The average Bonchev–Trinajstić information content (AvgIpc) is 2.48. The van der Waals surface area contributed by atoms with Gasteiger partial charge in [0.15, 0.2) is 0 Å². The first-order valence-electron chi connectivity index (χ1n) is 4.86. The van der Waals surface area contributed by atoms with E-state index in [4.69, 9.17) is 9.47 Å². The zero-order chi connectivity index (χ0) is 9.90. The van der Waals surface area contributed by atoms with Crippen LogP contribution >= 0.6 is 0 Å². The number of hydrogen-bond acceptors (Lipinski definition) is 3. The molecule has 0 amide bonds.